The largest absolute Gasteiger partial charge is 1.00 e. The quantitative estimate of drug-likeness (QED) is 0.260. The molecule has 2 rings (SSSR count). The molecule has 0 saturated carbocycles. The normalized spacial score (nSPS) is 13.5. The first kappa shape index (κ1) is 17.8. The van der Waals surface area contributed by atoms with E-state index in [9.17, 15) is 18.8 Å². The van der Waals surface area contributed by atoms with Gasteiger partial charge in [0.1, 0.15) is 0 Å². The Morgan fingerprint density at radius 2 is 1.79 bits per heavy atom. The van der Waals surface area contributed by atoms with Crippen LogP contribution < -0.4 is 40.6 Å². The average molecular weight is 274 g/mol. The van der Waals surface area contributed by atoms with Crippen LogP contribution in [0.25, 0.3) is 0 Å². The molecular formula is C12H12FN2NaO3. The number of carbonyl (C=O) groups is 2. The molecule has 0 spiro atoms. The second-order valence-corrected chi connectivity index (χ2v) is 3.67. The van der Waals surface area contributed by atoms with Crippen molar-refractivity contribution in [1.82, 2.24) is 5.32 Å². The molecule has 1 aliphatic rings. The molecule has 96 valence electrons. The van der Waals surface area contributed by atoms with Crippen LogP contribution in [0.2, 0.25) is 0 Å². The first-order valence-electron chi connectivity index (χ1n) is 5.29. The van der Waals surface area contributed by atoms with Crippen molar-refractivity contribution in [2.75, 3.05) is 5.73 Å². The van der Waals surface area contributed by atoms with Gasteiger partial charge in [-0.15, -0.1) is 5.56 Å². The van der Waals surface area contributed by atoms with Crippen molar-refractivity contribution in [1.29, 1.82) is 0 Å². The summed E-state index contributed by atoms with van der Waals surface area (Å²) in [7, 11) is 0. The van der Waals surface area contributed by atoms with Crippen molar-refractivity contribution in [2.24, 2.45) is 0 Å². The van der Waals surface area contributed by atoms with Gasteiger partial charge in [-0.1, -0.05) is 12.1 Å². The van der Waals surface area contributed by atoms with Gasteiger partial charge in [-0.3, -0.25) is 19.3 Å². The van der Waals surface area contributed by atoms with Gasteiger partial charge in [0.2, 0.25) is 11.8 Å². The Kier molecular flexibility index (Phi) is 8.22. The van der Waals surface area contributed by atoms with E-state index in [0.29, 0.717) is 24.9 Å². The van der Waals surface area contributed by atoms with Crippen molar-refractivity contribution < 1.29 is 48.3 Å². The van der Waals surface area contributed by atoms with Crippen molar-refractivity contribution in [3.63, 3.8) is 0 Å². The number of nitrogen functional groups attached to an aromatic ring is 1. The molecule has 1 aromatic carbocycles. The number of piperidine rings is 1. The summed E-state index contributed by atoms with van der Waals surface area (Å²) in [5.41, 5.74) is 5.43. The third-order valence-corrected chi connectivity index (χ3v) is 2.19. The Labute approximate surface area is 132 Å². The van der Waals surface area contributed by atoms with E-state index in [1.54, 1.807) is 0 Å². The fraction of sp³-hybridized carbons (Fsp3) is 0.250. The molecule has 0 radical (unpaired) electrons. The summed E-state index contributed by atoms with van der Waals surface area (Å²) in [6.45, 7) is 0. The van der Waals surface area contributed by atoms with Crippen LogP contribution in [-0.2, 0) is 14.4 Å². The van der Waals surface area contributed by atoms with Crippen LogP contribution in [0.3, 0.4) is 0 Å². The zero-order chi connectivity index (χ0) is 13.5. The van der Waals surface area contributed by atoms with Gasteiger partial charge in [0.05, 0.1) is 6.29 Å². The summed E-state index contributed by atoms with van der Waals surface area (Å²) in [5, 5.41) is 2.20. The third-order valence-electron chi connectivity index (χ3n) is 2.19. The second kappa shape index (κ2) is 8.79. The Bertz CT molecular complexity index is 466. The number of rotatable bonds is 1. The minimum atomic E-state index is -0.630. The van der Waals surface area contributed by atoms with Crippen molar-refractivity contribution >= 4 is 23.8 Å². The molecule has 1 fully saturated rings. The number of imide groups is 1. The van der Waals surface area contributed by atoms with Gasteiger partial charge in [0.25, 0.3) is 0 Å². The first-order chi connectivity index (χ1) is 8.52. The Morgan fingerprint density at radius 3 is 2.16 bits per heavy atom. The molecule has 7 heteroatoms. The van der Waals surface area contributed by atoms with E-state index >= 15 is 0 Å². The maximum Gasteiger partial charge on any atom is 1.00 e. The molecule has 0 aromatic heterocycles. The van der Waals surface area contributed by atoms with Crippen LogP contribution in [-0.4, -0.2) is 18.1 Å². The van der Waals surface area contributed by atoms with E-state index in [1.165, 1.54) is 18.4 Å². The number of hydrogen-bond donors (Lipinski definition) is 2. The molecule has 2 amide bonds. The van der Waals surface area contributed by atoms with Crippen LogP contribution in [0.1, 0.15) is 24.8 Å². The summed E-state index contributed by atoms with van der Waals surface area (Å²) in [5.74, 6) is -0.905. The summed E-state index contributed by atoms with van der Waals surface area (Å²) in [6, 6.07) is 3.82. The summed E-state index contributed by atoms with van der Waals surface area (Å²) in [4.78, 5) is 30.6. The van der Waals surface area contributed by atoms with Crippen LogP contribution in [0.4, 0.5) is 10.1 Å². The van der Waals surface area contributed by atoms with E-state index in [2.05, 4.69) is 5.32 Å². The van der Waals surface area contributed by atoms with Crippen LogP contribution in [0, 0.1) is 5.82 Å². The van der Waals surface area contributed by atoms with Crippen LogP contribution in [0.5, 0.6) is 0 Å². The number of carbonyl (C=O) groups excluding carboxylic acids is 3. The number of amides is 2. The number of nitrogens with one attached hydrogen (secondary N) is 1. The Morgan fingerprint density at radius 1 is 1.21 bits per heavy atom. The van der Waals surface area contributed by atoms with Gasteiger partial charge >= 0.3 is 29.6 Å². The number of nitrogens with two attached hydrogens (primary N) is 1. The minimum absolute atomic E-state index is 0. The molecule has 1 aromatic rings. The van der Waals surface area contributed by atoms with E-state index in [1.807, 2.05) is 0 Å². The molecule has 1 aliphatic heterocycles. The van der Waals surface area contributed by atoms with Crippen molar-refractivity contribution in [2.45, 2.75) is 19.3 Å². The molecule has 5 nitrogen and oxygen atoms in total. The zero-order valence-electron chi connectivity index (χ0n) is 10.5. The predicted octanol–water partition coefficient (Wildman–Crippen LogP) is -2.32. The number of benzene rings is 1. The van der Waals surface area contributed by atoms with Gasteiger partial charge in [-0.25, -0.2) is 0 Å². The van der Waals surface area contributed by atoms with Gasteiger partial charge in [-0.2, -0.15) is 6.07 Å². The van der Waals surface area contributed by atoms with E-state index in [-0.39, 0.29) is 46.9 Å². The van der Waals surface area contributed by atoms with Gasteiger partial charge < -0.3 is 10.5 Å². The second-order valence-electron chi connectivity index (χ2n) is 3.67. The molecular weight excluding hydrogens is 262 g/mol. The van der Waals surface area contributed by atoms with Gasteiger partial charge in [0.15, 0.2) is 0 Å². The summed E-state index contributed by atoms with van der Waals surface area (Å²) in [6.07, 6.45) is 3.17. The molecule has 0 atom stereocenters. The molecule has 0 bridgehead atoms. The van der Waals surface area contributed by atoms with Gasteiger partial charge in [0, 0.05) is 24.3 Å². The first-order valence-corrected chi connectivity index (χ1v) is 5.29. The standard InChI is InChI=1S/C7H5FNO.C5H7NO2.Na/c8-7-3-6(9)2-1-5(7)4-10;7-4-2-1-3-5(8)6-4;/h1-3H,9H2;1-3H2,(H,6,7,8);/q-1;;+1. The van der Waals surface area contributed by atoms with Crippen LogP contribution >= 0.6 is 0 Å². The maximum atomic E-state index is 12.5. The molecule has 1 saturated heterocycles. The van der Waals surface area contributed by atoms with Crippen molar-refractivity contribution in [3.05, 3.63) is 29.6 Å². The average Bonchev–Trinajstić information content (AvgIpc) is 2.29. The fourth-order valence-corrected chi connectivity index (χ4v) is 1.30. The van der Waals surface area contributed by atoms with E-state index in [4.69, 9.17) is 5.73 Å². The third kappa shape index (κ3) is 6.47. The van der Waals surface area contributed by atoms with Crippen LogP contribution in [0.15, 0.2) is 18.2 Å². The summed E-state index contributed by atoms with van der Waals surface area (Å²) < 4.78 is 12.5. The maximum absolute atomic E-state index is 12.5. The van der Waals surface area contributed by atoms with Gasteiger partial charge in [-0.05, 0) is 6.42 Å². The Hall–Kier alpha value is -1.24. The topological polar surface area (TPSA) is 89.3 Å². The Balaban J connectivity index is 0.000000331. The molecule has 0 aliphatic carbocycles. The SMILES string of the molecule is Nc1ccc([C-]=O)c(F)c1.O=C1CCCC(=O)N1.[Na+]. The number of halogens is 1. The summed E-state index contributed by atoms with van der Waals surface area (Å²) >= 11 is 0. The molecule has 3 N–H and O–H groups in total. The zero-order valence-corrected chi connectivity index (χ0v) is 12.5. The fourth-order valence-electron chi connectivity index (χ4n) is 1.30. The van der Waals surface area contributed by atoms with E-state index in [0.717, 1.165) is 6.07 Å². The predicted molar refractivity (Wildman–Crippen MR) is 62.6 cm³/mol. The smallest absolute Gasteiger partial charge is 0.400 e. The van der Waals surface area contributed by atoms with E-state index < -0.39 is 5.82 Å². The number of anilines is 1. The number of hydrogen-bond acceptors (Lipinski definition) is 4. The molecule has 0 unspecified atom stereocenters. The monoisotopic (exact) mass is 274 g/mol. The minimum Gasteiger partial charge on any atom is -0.400 e. The molecule has 19 heavy (non-hydrogen) atoms. The van der Waals surface area contributed by atoms with Crippen molar-refractivity contribution in [3.8, 4) is 0 Å². The molecule has 1 heterocycles.